The van der Waals surface area contributed by atoms with Gasteiger partial charge in [0.1, 0.15) is 11.8 Å². The van der Waals surface area contributed by atoms with Gasteiger partial charge in [-0.3, -0.25) is 4.79 Å². The molecule has 0 aliphatic rings. The Hall–Kier alpha value is -2.58. The van der Waals surface area contributed by atoms with Crippen LogP contribution in [0.2, 0.25) is 0 Å². The van der Waals surface area contributed by atoms with Crippen molar-refractivity contribution in [2.24, 2.45) is 5.73 Å². The van der Waals surface area contributed by atoms with E-state index in [0.29, 0.717) is 25.2 Å². The summed E-state index contributed by atoms with van der Waals surface area (Å²) in [5.74, 6) is -0.0884. The predicted octanol–water partition coefficient (Wildman–Crippen LogP) is 1.74. The number of aryl methyl sites for hydroxylation is 1. The molecule has 22 heavy (non-hydrogen) atoms. The van der Waals surface area contributed by atoms with Gasteiger partial charge < -0.3 is 15.2 Å². The first-order valence-corrected chi connectivity index (χ1v) is 7.21. The number of hydrogen-bond acceptors (Lipinski definition) is 3. The number of nitriles is 1. The maximum absolute atomic E-state index is 12.3. The van der Waals surface area contributed by atoms with E-state index in [1.54, 1.807) is 18.0 Å². The largest absolute Gasteiger partial charge is 0.340 e. The molecule has 114 valence electrons. The molecule has 0 saturated carbocycles. The zero-order chi connectivity index (χ0) is 15.9. The minimum absolute atomic E-state index is 0.0884. The molecule has 0 spiro atoms. The molecule has 1 aromatic carbocycles. The van der Waals surface area contributed by atoms with E-state index < -0.39 is 6.04 Å². The topological polar surface area (TPSA) is 75.0 Å². The van der Waals surface area contributed by atoms with Crippen molar-refractivity contribution in [2.75, 3.05) is 7.05 Å². The van der Waals surface area contributed by atoms with Gasteiger partial charge in [0.15, 0.2) is 0 Å². The number of hydrogen-bond donors (Lipinski definition) is 1. The summed E-state index contributed by atoms with van der Waals surface area (Å²) in [7, 11) is 1.76. The summed E-state index contributed by atoms with van der Waals surface area (Å²) in [6, 6.07) is 14.9. The molecular weight excluding hydrogens is 276 g/mol. The highest BCUT2D eigenvalue weighted by molar-refractivity contribution is 5.81. The number of rotatable bonds is 6. The highest BCUT2D eigenvalue weighted by Crippen LogP contribution is 2.07. The zero-order valence-corrected chi connectivity index (χ0v) is 12.6. The van der Waals surface area contributed by atoms with Gasteiger partial charge in [-0.15, -0.1) is 0 Å². The van der Waals surface area contributed by atoms with E-state index in [-0.39, 0.29) is 5.91 Å². The second kappa shape index (κ2) is 7.43. The van der Waals surface area contributed by atoms with Crippen molar-refractivity contribution in [3.05, 3.63) is 59.9 Å². The lowest BCUT2D eigenvalue weighted by atomic mass is 10.1. The normalized spacial score (nSPS) is 11.7. The highest BCUT2D eigenvalue weighted by atomic mass is 16.2. The lowest BCUT2D eigenvalue weighted by Gasteiger charge is -2.21. The van der Waals surface area contributed by atoms with E-state index in [1.807, 2.05) is 47.2 Å². The molecule has 0 aliphatic carbocycles. The Balaban J connectivity index is 1.88. The van der Waals surface area contributed by atoms with Crippen LogP contribution in [0.1, 0.15) is 17.7 Å². The summed E-state index contributed by atoms with van der Waals surface area (Å²) in [5.41, 5.74) is 7.65. The van der Waals surface area contributed by atoms with Crippen molar-refractivity contribution in [2.45, 2.75) is 25.6 Å². The Bertz CT molecular complexity index is 657. The van der Waals surface area contributed by atoms with Gasteiger partial charge in [-0.1, -0.05) is 30.3 Å². The minimum Gasteiger partial charge on any atom is -0.340 e. The zero-order valence-electron chi connectivity index (χ0n) is 12.6. The van der Waals surface area contributed by atoms with Crippen LogP contribution >= 0.6 is 0 Å². The van der Waals surface area contributed by atoms with E-state index in [0.717, 1.165) is 5.56 Å². The first-order valence-electron chi connectivity index (χ1n) is 7.21. The fourth-order valence-electron chi connectivity index (χ4n) is 2.33. The molecule has 1 atom stereocenters. The van der Waals surface area contributed by atoms with E-state index >= 15 is 0 Å². The van der Waals surface area contributed by atoms with Gasteiger partial charge in [-0.05, 0) is 24.1 Å². The Labute approximate surface area is 130 Å². The van der Waals surface area contributed by atoms with Crippen molar-refractivity contribution in [3.8, 4) is 6.07 Å². The molecule has 0 saturated heterocycles. The van der Waals surface area contributed by atoms with Crippen molar-refractivity contribution in [1.82, 2.24) is 9.47 Å². The van der Waals surface area contributed by atoms with Crippen molar-refractivity contribution < 1.29 is 4.79 Å². The Morgan fingerprint density at radius 2 is 2.05 bits per heavy atom. The average Bonchev–Trinajstić information content (AvgIpc) is 3.00. The predicted molar refractivity (Wildman–Crippen MR) is 84.7 cm³/mol. The quantitative estimate of drug-likeness (QED) is 0.882. The number of amides is 1. The number of benzene rings is 1. The average molecular weight is 296 g/mol. The SMILES string of the molecule is CN(Cc1ccccc1)C(=O)C(N)CCn1cccc1C#N. The maximum Gasteiger partial charge on any atom is 0.239 e. The fraction of sp³-hybridized carbons (Fsp3) is 0.294. The molecule has 2 rings (SSSR count). The molecule has 5 heteroatoms. The summed E-state index contributed by atoms with van der Waals surface area (Å²) < 4.78 is 1.81. The third-order valence-electron chi connectivity index (χ3n) is 3.58. The molecule has 0 fully saturated rings. The molecule has 2 N–H and O–H groups in total. The van der Waals surface area contributed by atoms with E-state index in [2.05, 4.69) is 6.07 Å². The van der Waals surface area contributed by atoms with Crippen LogP contribution in [0.15, 0.2) is 48.7 Å². The van der Waals surface area contributed by atoms with Crippen LogP contribution < -0.4 is 5.73 Å². The standard InChI is InChI=1S/C17H20N4O/c1-20(13-14-6-3-2-4-7-14)17(22)16(19)9-11-21-10-5-8-15(21)12-18/h2-8,10,16H,9,11,13,19H2,1H3. The van der Waals surface area contributed by atoms with Crippen LogP contribution in [-0.4, -0.2) is 28.5 Å². The summed E-state index contributed by atoms with van der Waals surface area (Å²) in [4.78, 5) is 13.9. The summed E-state index contributed by atoms with van der Waals surface area (Å²) in [6.07, 6.45) is 2.32. The summed E-state index contributed by atoms with van der Waals surface area (Å²) in [6.45, 7) is 1.10. The van der Waals surface area contributed by atoms with Crippen LogP contribution in [0.3, 0.4) is 0 Å². The number of carbonyl (C=O) groups excluding carboxylic acids is 1. The smallest absolute Gasteiger partial charge is 0.239 e. The van der Waals surface area contributed by atoms with Gasteiger partial charge in [-0.2, -0.15) is 5.26 Å². The van der Waals surface area contributed by atoms with Gasteiger partial charge in [0, 0.05) is 26.3 Å². The molecule has 1 aromatic heterocycles. The highest BCUT2D eigenvalue weighted by Gasteiger charge is 2.18. The van der Waals surface area contributed by atoms with Crippen molar-refractivity contribution in [3.63, 3.8) is 0 Å². The molecular formula is C17H20N4O. The number of nitrogens with two attached hydrogens (primary N) is 1. The molecule has 1 unspecified atom stereocenters. The lowest BCUT2D eigenvalue weighted by Crippen LogP contribution is -2.42. The van der Waals surface area contributed by atoms with Gasteiger partial charge in [-0.25, -0.2) is 0 Å². The molecule has 0 radical (unpaired) electrons. The van der Waals surface area contributed by atoms with E-state index in [9.17, 15) is 4.79 Å². The molecule has 1 amide bonds. The molecule has 1 heterocycles. The lowest BCUT2D eigenvalue weighted by molar-refractivity contribution is -0.132. The van der Waals surface area contributed by atoms with Crippen LogP contribution in [0.5, 0.6) is 0 Å². The Morgan fingerprint density at radius 3 is 2.73 bits per heavy atom. The van der Waals surface area contributed by atoms with Crippen LogP contribution in [0.25, 0.3) is 0 Å². The minimum atomic E-state index is -0.567. The van der Waals surface area contributed by atoms with Crippen LogP contribution in [-0.2, 0) is 17.9 Å². The Kier molecular flexibility index (Phi) is 5.34. The molecule has 2 aromatic rings. The molecule has 5 nitrogen and oxygen atoms in total. The number of likely N-dealkylation sites (N-methyl/N-ethyl adjacent to an activating group) is 1. The third-order valence-corrected chi connectivity index (χ3v) is 3.58. The second-order valence-corrected chi connectivity index (χ2v) is 5.27. The van der Waals surface area contributed by atoms with Crippen LogP contribution in [0.4, 0.5) is 0 Å². The van der Waals surface area contributed by atoms with Gasteiger partial charge in [0.2, 0.25) is 5.91 Å². The number of aromatic nitrogens is 1. The van der Waals surface area contributed by atoms with Crippen LogP contribution in [0, 0.1) is 11.3 Å². The first kappa shape index (κ1) is 15.8. The van der Waals surface area contributed by atoms with Gasteiger partial charge in [0.05, 0.1) is 6.04 Å². The van der Waals surface area contributed by atoms with Crippen molar-refractivity contribution in [1.29, 1.82) is 5.26 Å². The number of nitrogens with zero attached hydrogens (tertiary/aromatic N) is 3. The fourth-order valence-corrected chi connectivity index (χ4v) is 2.33. The Morgan fingerprint density at radius 1 is 1.32 bits per heavy atom. The van der Waals surface area contributed by atoms with E-state index in [4.69, 9.17) is 11.0 Å². The third kappa shape index (κ3) is 3.96. The maximum atomic E-state index is 12.3. The molecule has 0 aliphatic heterocycles. The number of carbonyl (C=O) groups is 1. The van der Waals surface area contributed by atoms with E-state index in [1.165, 1.54) is 0 Å². The van der Waals surface area contributed by atoms with Gasteiger partial charge in [0.25, 0.3) is 0 Å². The van der Waals surface area contributed by atoms with Crippen molar-refractivity contribution >= 4 is 5.91 Å². The van der Waals surface area contributed by atoms with Gasteiger partial charge >= 0.3 is 0 Å². The monoisotopic (exact) mass is 296 g/mol. The summed E-state index contributed by atoms with van der Waals surface area (Å²) in [5, 5.41) is 8.96. The molecule has 0 bridgehead atoms. The first-order chi connectivity index (χ1) is 10.6. The summed E-state index contributed by atoms with van der Waals surface area (Å²) >= 11 is 0. The second-order valence-electron chi connectivity index (χ2n) is 5.27.